The van der Waals surface area contributed by atoms with Gasteiger partial charge in [0.1, 0.15) is 5.70 Å². The maximum absolute atomic E-state index is 11.8. The third-order valence-corrected chi connectivity index (χ3v) is 3.10. The van der Waals surface area contributed by atoms with E-state index in [2.05, 4.69) is 14.8 Å². The molecule has 1 aromatic carbocycles. The number of carbonyl (C=O) groups excluding carboxylic acids is 2. The predicted octanol–water partition coefficient (Wildman–Crippen LogP) is 2.64. The van der Waals surface area contributed by atoms with E-state index in [9.17, 15) is 9.59 Å². The third kappa shape index (κ3) is 6.52. The van der Waals surface area contributed by atoms with Gasteiger partial charge in [0.15, 0.2) is 0 Å². The highest BCUT2D eigenvalue weighted by molar-refractivity contribution is 5.92. The van der Waals surface area contributed by atoms with Crippen molar-refractivity contribution in [3.63, 3.8) is 0 Å². The van der Waals surface area contributed by atoms with Crippen molar-refractivity contribution in [2.24, 2.45) is 5.92 Å². The van der Waals surface area contributed by atoms with E-state index >= 15 is 0 Å². The Morgan fingerprint density at radius 1 is 1.13 bits per heavy atom. The fourth-order valence-electron chi connectivity index (χ4n) is 1.80. The molecule has 0 saturated carbocycles. The van der Waals surface area contributed by atoms with Gasteiger partial charge in [-0.1, -0.05) is 44.2 Å². The number of benzene rings is 1. The van der Waals surface area contributed by atoms with E-state index in [1.165, 1.54) is 20.3 Å². The number of ether oxygens (including phenoxy) is 3. The van der Waals surface area contributed by atoms with E-state index in [1.54, 1.807) is 0 Å². The lowest BCUT2D eigenvalue weighted by Crippen LogP contribution is -2.30. The molecule has 1 atom stereocenters. The summed E-state index contributed by atoms with van der Waals surface area (Å²) in [6.07, 6.45) is 0.421. The molecule has 0 heterocycles. The highest BCUT2D eigenvalue weighted by atomic mass is 16.5. The van der Waals surface area contributed by atoms with Gasteiger partial charge in [-0.3, -0.25) is 5.32 Å². The van der Waals surface area contributed by atoms with Crippen LogP contribution in [0.15, 0.2) is 42.1 Å². The van der Waals surface area contributed by atoms with Crippen LogP contribution in [-0.4, -0.2) is 32.4 Å². The first-order valence-corrected chi connectivity index (χ1v) is 7.28. The Morgan fingerprint density at radius 2 is 1.78 bits per heavy atom. The highest BCUT2D eigenvalue weighted by Gasteiger charge is 2.19. The van der Waals surface area contributed by atoms with Crippen molar-refractivity contribution in [3.05, 3.63) is 47.7 Å². The lowest BCUT2D eigenvalue weighted by Gasteiger charge is -2.19. The molecular formula is C17H23NO5. The van der Waals surface area contributed by atoms with Gasteiger partial charge in [-0.25, -0.2) is 9.59 Å². The quantitative estimate of drug-likeness (QED) is 0.617. The number of rotatable bonds is 7. The van der Waals surface area contributed by atoms with Gasteiger partial charge in [0, 0.05) is 0 Å². The molecule has 1 aromatic rings. The molecule has 1 rings (SSSR count). The Hall–Kier alpha value is -2.34. The molecule has 0 saturated heterocycles. The fraction of sp³-hybridized carbons (Fsp3) is 0.412. The molecule has 0 aliphatic heterocycles. The van der Waals surface area contributed by atoms with Crippen LogP contribution in [-0.2, 0) is 25.6 Å². The number of carbonyl (C=O) groups is 2. The Balaban J connectivity index is 2.86. The maximum atomic E-state index is 11.8. The summed E-state index contributed by atoms with van der Waals surface area (Å²) in [7, 11) is 2.46. The fourth-order valence-corrected chi connectivity index (χ4v) is 1.80. The smallest absolute Gasteiger partial charge is 0.411 e. The van der Waals surface area contributed by atoms with Crippen molar-refractivity contribution in [3.8, 4) is 0 Å². The zero-order valence-corrected chi connectivity index (χ0v) is 13.9. The van der Waals surface area contributed by atoms with Gasteiger partial charge in [0.25, 0.3) is 0 Å². The third-order valence-electron chi connectivity index (χ3n) is 3.10. The van der Waals surface area contributed by atoms with Crippen molar-refractivity contribution < 1.29 is 23.8 Å². The standard InChI is InChI=1S/C17H23NO5/c1-12(2)15(23-11-13-8-6-5-7-9-13)10-14(16(19)21-3)18-17(20)22-4/h5-10,12,15H,11H2,1-4H3,(H,18,20)/b14-10-/t15-/m1/s1. The first-order chi connectivity index (χ1) is 11.0. The van der Waals surface area contributed by atoms with Crippen molar-refractivity contribution in [2.75, 3.05) is 14.2 Å². The van der Waals surface area contributed by atoms with Gasteiger partial charge < -0.3 is 14.2 Å². The summed E-state index contributed by atoms with van der Waals surface area (Å²) < 4.78 is 15.0. The van der Waals surface area contributed by atoms with Crippen molar-refractivity contribution in [1.29, 1.82) is 0 Å². The SMILES string of the molecule is COC(=O)N/C(=C\[C@@H](OCc1ccccc1)C(C)C)C(=O)OC. The molecule has 0 bridgehead atoms. The molecule has 0 aliphatic rings. The molecule has 0 unspecified atom stereocenters. The number of hydrogen-bond donors (Lipinski definition) is 1. The number of alkyl carbamates (subject to hydrolysis) is 1. The normalized spacial score (nSPS) is 12.7. The van der Waals surface area contributed by atoms with Gasteiger partial charge in [-0.05, 0) is 17.6 Å². The molecule has 0 aromatic heterocycles. The second kappa shape index (κ2) is 9.63. The molecular weight excluding hydrogens is 298 g/mol. The topological polar surface area (TPSA) is 73.9 Å². The first kappa shape index (κ1) is 18.7. The molecule has 6 nitrogen and oxygen atoms in total. The van der Waals surface area contributed by atoms with E-state index in [0.29, 0.717) is 6.61 Å². The Kier molecular flexibility index (Phi) is 7.83. The molecule has 1 N–H and O–H groups in total. The summed E-state index contributed by atoms with van der Waals surface area (Å²) in [5.41, 5.74) is 1.01. The van der Waals surface area contributed by atoms with Gasteiger partial charge in [0.2, 0.25) is 0 Å². The Morgan fingerprint density at radius 3 is 2.30 bits per heavy atom. The van der Waals surface area contributed by atoms with Crippen LogP contribution < -0.4 is 5.32 Å². The zero-order chi connectivity index (χ0) is 17.2. The molecule has 6 heteroatoms. The molecule has 23 heavy (non-hydrogen) atoms. The average Bonchev–Trinajstić information content (AvgIpc) is 2.57. The van der Waals surface area contributed by atoms with Gasteiger partial charge in [-0.2, -0.15) is 0 Å². The Labute approximate surface area is 136 Å². The van der Waals surface area contributed by atoms with Crippen LogP contribution in [0.4, 0.5) is 4.79 Å². The second-order valence-corrected chi connectivity index (χ2v) is 5.19. The van der Waals surface area contributed by atoms with Crippen molar-refractivity contribution >= 4 is 12.1 Å². The van der Waals surface area contributed by atoms with E-state index in [4.69, 9.17) is 4.74 Å². The monoisotopic (exact) mass is 321 g/mol. The van der Waals surface area contributed by atoms with Crippen LogP contribution in [0.25, 0.3) is 0 Å². The molecule has 1 amide bonds. The number of hydrogen-bond acceptors (Lipinski definition) is 5. The minimum absolute atomic E-state index is 0.00823. The van der Waals surface area contributed by atoms with Gasteiger partial charge >= 0.3 is 12.1 Å². The van der Waals surface area contributed by atoms with Crippen molar-refractivity contribution in [2.45, 2.75) is 26.6 Å². The number of esters is 1. The summed E-state index contributed by atoms with van der Waals surface area (Å²) in [6, 6.07) is 9.69. The lowest BCUT2D eigenvalue weighted by atomic mass is 10.1. The lowest BCUT2D eigenvalue weighted by molar-refractivity contribution is -0.136. The second-order valence-electron chi connectivity index (χ2n) is 5.19. The summed E-state index contributed by atoms with van der Waals surface area (Å²) in [5, 5.41) is 2.35. The average molecular weight is 321 g/mol. The molecule has 0 fully saturated rings. The van der Waals surface area contributed by atoms with Gasteiger partial charge in [-0.15, -0.1) is 0 Å². The molecule has 0 aliphatic carbocycles. The summed E-state index contributed by atoms with van der Waals surface area (Å²) in [4.78, 5) is 23.1. The molecule has 0 radical (unpaired) electrons. The molecule has 0 spiro atoms. The van der Waals surface area contributed by atoms with E-state index in [0.717, 1.165) is 5.56 Å². The van der Waals surface area contributed by atoms with Crippen LogP contribution in [0.2, 0.25) is 0 Å². The minimum Gasteiger partial charge on any atom is -0.464 e. The number of nitrogens with one attached hydrogen (secondary N) is 1. The van der Waals surface area contributed by atoms with Crippen molar-refractivity contribution in [1.82, 2.24) is 5.32 Å². The predicted molar refractivity (Wildman–Crippen MR) is 85.5 cm³/mol. The van der Waals surface area contributed by atoms with Gasteiger partial charge in [0.05, 0.1) is 26.9 Å². The minimum atomic E-state index is -0.743. The molecule has 126 valence electrons. The summed E-state index contributed by atoms with van der Waals surface area (Å²) in [6.45, 7) is 4.31. The maximum Gasteiger partial charge on any atom is 0.411 e. The number of methoxy groups -OCH3 is 2. The van der Waals surface area contributed by atoms with E-state index in [-0.39, 0.29) is 17.7 Å². The zero-order valence-electron chi connectivity index (χ0n) is 13.9. The van der Waals surface area contributed by atoms with E-state index in [1.807, 2.05) is 44.2 Å². The van der Waals surface area contributed by atoms with E-state index < -0.39 is 12.1 Å². The van der Waals surface area contributed by atoms with Crippen LogP contribution in [0.3, 0.4) is 0 Å². The van der Waals surface area contributed by atoms with Crippen LogP contribution >= 0.6 is 0 Å². The Bertz CT molecular complexity index is 539. The first-order valence-electron chi connectivity index (χ1n) is 7.28. The summed E-state index contributed by atoms with van der Waals surface area (Å²) in [5.74, 6) is -0.567. The van der Waals surface area contributed by atoms with Crippen LogP contribution in [0.5, 0.6) is 0 Å². The summed E-state index contributed by atoms with van der Waals surface area (Å²) >= 11 is 0. The van der Waals surface area contributed by atoms with Crippen LogP contribution in [0.1, 0.15) is 19.4 Å². The number of amides is 1. The van der Waals surface area contributed by atoms with Crippen LogP contribution in [0, 0.1) is 5.92 Å². The highest BCUT2D eigenvalue weighted by Crippen LogP contribution is 2.14. The largest absolute Gasteiger partial charge is 0.464 e.